The van der Waals surface area contributed by atoms with Gasteiger partial charge in [0.25, 0.3) is 0 Å². The molecule has 2 aromatic rings. The zero-order valence-corrected chi connectivity index (χ0v) is 10.4. The van der Waals surface area contributed by atoms with Gasteiger partial charge in [0.15, 0.2) is 6.29 Å². The van der Waals surface area contributed by atoms with Crippen molar-refractivity contribution < 1.29 is 14.3 Å². The first-order valence-electron chi connectivity index (χ1n) is 6.25. The third kappa shape index (κ3) is 2.57. The molecule has 3 rings (SSSR count). The predicted octanol–water partition coefficient (Wildman–Crippen LogP) is 3.21. The van der Waals surface area contributed by atoms with Crippen LogP contribution in [0.4, 0.5) is 0 Å². The van der Waals surface area contributed by atoms with E-state index in [1.165, 1.54) is 0 Å². The Kier molecular flexibility index (Phi) is 3.40. The topological polar surface area (TPSA) is 35.5 Å². The Bertz CT molecular complexity index is 552. The molecule has 1 aliphatic rings. The molecule has 0 unspecified atom stereocenters. The van der Waals surface area contributed by atoms with Crippen molar-refractivity contribution in [1.82, 2.24) is 0 Å². The number of aldehydes is 1. The predicted molar refractivity (Wildman–Crippen MR) is 71.9 cm³/mol. The number of carbonyl (C=O) groups is 1. The van der Waals surface area contributed by atoms with Crippen LogP contribution in [0.25, 0.3) is 11.1 Å². The molecule has 1 heterocycles. The molecular weight excluding hydrogens is 240 g/mol. The van der Waals surface area contributed by atoms with E-state index < -0.39 is 0 Å². The Morgan fingerprint density at radius 3 is 1.89 bits per heavy atom. The smallest absolute Gasteiger partial charge is 0.184 e. The van der Waals surface area contributed by atoms with E-state index in [0.29, 0.717) is 18.8 Å². The lowest BCUT2D eigenvalue weighted by Gasteiger charge is -2.10. The summed E-state index contributed by atoms with van der Waals surface area (Å²) in [7, 11) is 0. The van der Waals surface area contributed by atoms with Crippen LogP contribution < -0.4 is 0 Å². The third-order valence-electron chi connectivity index (χ3n) is 3.18. The molecule has 2 aromatic carbocycles. The lowest BCUT2D eigenvalue weighted by atomic mass is 10.0. The van der Waals surface area contributed by atoms with E-state index >= 15 is 0 Å². The molecule has 0 atom stereocenters. The van der Waals surface area contributed by atoms with Crippen LogP contribution in [0.15, 0.2) is 48.5 Å². The van der Waals surface area contributed by atoms with Crippen molar-refractivity contribution in [3.63, 3.8) is 0 Å². The molecule has 0 bridgehead atoms. The summed E-state index contributed by atoms with van der Waals surface area (Å²) in [5.41, 5.74) is 3.92. The largest absolute Gasteiger partial charge is 0.346 e. The van der Waals surface area contributed by atoms with E-state index in [4.69, 9.17) is 9.47 Å². The van der Waals surface area contributed by atoms with Crippen molar-refractivity contribution in [1.29, 1.82) is 0 Å². The van der Waals surface area contributed by atoms with Gasteiger partial charge in [-0.25, -0.2) is 0 Å². The molecule has 1 fully saturated rings. The van der Waals surface area contributed by atoms with E-state index in [1.807, 2.05) is 48.5 Å². The first-order valence-corrected chi connectivity index (χ1v) is 6.25. The van der Waals surface area contributed by atoms with Gasteiger partial charge in [-0.3, -0.25) is 4.79 Å². The van der Waals surface area contributed by atoms with Gasteiger partial charge in [0, 0.05) is 11.1 Å². The van der Waals surface area contributed by atoms with Crippen LogP contribution in [0.1, 0.15) is 22.2 Å². The Hall–Kier alpha value is -1.97. The van der Waals surface area contributed by atoms with Crippen LogP contribution in [0.5, 0.6) is 0 Å². The van der Waals surface area contributed by atoms with Gasteiger partial charge in [0.05, 0.1) is 13.2 Å². The van der Waals surface area contributed by atoms with Crippen LogP contribution in [0, 0.1) is 0 Å². The number of rotatable bonds is 3. The van der Waals surface area contributed by atoms with Gasteiger partial charge in [0.2, 0.25) is 0 Å². The zero-order valence-electron chi connectivity index (χ0n) is 10.4. The first-order chi connectivity index (χ1) is 9.36. The SMILES string of the molecule is O=Cc1ccc(-c2ccc(C3OCCO3)cc2)cc1. The van der Waals surface area contributed by atoms with Gasteiger partial charge in [-0.15, -0.1) is 0 Å². The standard InChI is InChI=1S/C16H14O3/c17-11-12-1-3-13(4-2-12)14-5-7-15(8-6-14)16-18-9-10-19-16/h1-8,11,16H,9-10H2. The minimum atomic E-state index is -0.230. The second-order valence-electron chi connectivity index (χ2n) is 4.44. The molecule has 3 heteroatoms. The maximum atomic E-state index is 10.6. The van der Waals surface area contributed by atoms with Gasteiger partial charge in [-0.1, -0.05) is 48.5 Å². The van der Waals surface area contributed by atoms with Crippen LogP contribution >= 0.6 is 0 Å². The van der Waals surface area contributed by atoms with Crippen molar-refractivity contribution in [3.8, 4) is 11.1 Å². The monoisotopic (exact) mass is 254 g/mol. The van der Waals surface area contributed by atoms with Gasteiger partial charge in [0.1, 0.15) is 6.29 Å². The molecule has 19 heavy (non-hydrogen) atoms. The fourth-order valence-corrected chi connectivity index (χ4v) is 2.14. The van der Waals surface area contributed by atoms with Gasteiger partial charge in [-0.2, -0.15) is 0 Å². The molecule has 1 saturated heterocycles. The quantitative estimate of drug-likeness (QED) is 0.789. The summed E-state index contributed by atoms with van der Waals surface area (Å²) in [6.45, 7) is 1.30. The maximum absolute atomic E-state index is 10.6. The summed E-state index contributed by atoms with van der Waals surface area (Å²) in [6.07, 6.45) is 0.619. The number of carbonyl (C=O) groups excluding carboxylic acids is 1. The molecule has 0 N–H and O–H groups in total. The van der Waals surface area contributed by atoms with Crippen LogP contribution in [0.3, 0.4) is 0 Å². The second-order valence-corrected chi connectivity index (χ2v) is 4.44. The molecule has 3 nitrogen and oxygen atoms in total. The van der Waals surface area contributed by atoms with Crippen LogP contribution in [-0.4, -0.2) is 19.5 Å². The van der Waals surface area contributed by atoms with E-state index in [1.54, 1.807) is 0 Å². The summed E-state index contributed by atoms with van der Waals surface area (Å²) >= 11 is 0. The van der Waals surface area contributed by atoms with E-state index in [0.717, 1.165) is 23.0 Å². The summed E-state index contributed by atoms with van der Waals surface area (Å²) in [4.78, 5) is 10.6. The van der Waals surface area contributed by atoms with Crippen LogP contribution in [-0.2, 0) is 9.47 Å². The fraction of sp³-hybridized carbons (Fsp3) is 0.188. The summed E-state index contributed by atoms with van der Waals surface area (Å²) in [5.74, 6) is 0. The fourth-order valence-electron chi connectivity index (χ4n) is 2.14. The van der Waals surface area contributed by atoms with Crippen LogP contribution in [0.2, 0.25) is 0 Å². The first kappa shape index (κ1) is 12.1. The molecule has 0 amide bonds. The Labute approximate surface area is 111 Å². The molecule has 0 radical (unpaired) electrons. The molecule has 96 valence electrons. The van der Waals surface area contributed by atoms with E-state index in [9.17, 15) is 4.79 Å². The number of hydrogen-bond donors (Lipinski definition) is 0. The lowest BCUT2D eigenvalue weighted by Crippen LogP contribution is -1.97. The number of ether oxygens (including phenoxy) is 2. The second kappa shape index (κ2) is 5.34. The van der Waals surface area contributed by atoms with Crippen molar-refractivity contribution in [2.24, 2.45) is 0 Å². The van der Waals surface area contributed by atoms with Gasteiger partial charge >= 0.3 is 0 Å². The van der Waals surface area contributed by atoms with E-state index in [2.05, 4.69) is 0 Å². The van der Waals surface area contributed by atoms with Crippen molar-refractivity contribution in [2.75, 3.05) is 13.2 Å². The summed E-state index contributed by atoms with van der Waals surface area (Å²) in [5, 5.41) is 0. The molecule has 0 aliphatic carbocycles. The normalized spacial score (nSPS) is 15.6. The van der Waals surface area contributed by atoms with Crippen molar-refractivity contribution in [2.45, 2.75) is 6.29 Å². The van der Waals surface area contributed by atoms with Gasteiger partial charge < -0.3 is 9.47 Å². The maximum Gasteiger partial charge on any atom is 0.184 e. The minimum absolute atomic E-state index is 0.230. The Morgan fingerprint density at radius 2 is 1.37 bits per heavy atom. The molecule has 1 aliphatic heterocycles. The minimum Gasteiger partial charge on any atom is -0.346 e. The molecular formula is C16H14O3. The highest BCUT2D eigenvalue weighted by atomic mass is 16.7. The number of benzene rings is 2. The molecule has 0 aromatic heterocycles. The average Bonchev–Trinajstić information content (AvgIpc) is 3.02. The highest BCUT2D eigenvalue weighted by Crippen LogP contribution is 2.26. The Balaban J connectivity index is 1.82. The average molecular weight is 254 g/mol. The number of hydrogen-bond acceptors (Lipinski definition) is 3. The highest BCUT2D eigenvalue weighted by Gasteiger charge is 2.17. The van der Waals surface area contributed by atoms with Gasteiger partial charge in [-0.05, 0) is 11.1 Å². The van der Waals surface area contributed by atoms with E-state index in [-0.39, 0.29) is 6.29 Å². The lowest BCUT2D eigenvalue weighted by molar-refractivity contribution is -0.0441. The highest BCUT2D eigenvalue weighted by molar-refractivity contribution is 5.76. The molecule has 0 saturated carbocycles. The summed E-state index contributed by atoms with van der Waals surface area (Å²) in [6, 6.07) is 15.6. The van der Waals surface area contributed by atoms with Crippen molar-refractivity contribution in [3.05, 3.63) is 59.7 Å². The molecule has 0 spiro atoms. The zero-order chi connectivity index (χ0) is 13.1. The van der Waals surface area contributed by atoms with Crippen molar-refractivity contribution >= 4 is 6.29 Å². The Morgan fingerprint density at radius 1 is 0.842 bits per heavy atom. The third-order valence-corrected chi connectivity index (χ3v) is 3.18. The summed E-state index contributed by atoms with van der Waals surface area (Å²) < 4.78 is 10.9.